The highest BCUT2D eigenvalue weighted by Gasteiger charge is 2.26. The molecule has 3 atom stereocenters. The quantitative estimate of drug-likeness (QED) is 0.853. The Kier molecular flexibility index (Phi) is 3.27. The van der Waals surface area contributed by atoms with Crippen molar-refractivity contribution in [3.05, 3.63) is 12.4 Å². The molecule has 1 aliphatic rings. The lowest BCUT2D eigenvalue weighted by Crippen LogP contribution is -2.43. The van der Waals surface area contributed by atoms with Crippen LogP contribution in [0.15, 0.2) is 17.3 Å². The van der Waals surface area contributed by atoms with E-state index >= 15 is 0 Å². The maximum absolute atomic E-state index is 11.4. The Bertz CT molecular complexity index is 495. The van der Waals surface area contributed by atoms with Gasteiger partial charge in [0.2, 0.25) is 0 Å². The predicted molar refractivity (Wildman–Crippen MR) is 65.6 cm³/mol. The Hall–Kier alpha value is -0.880. The molecule has 0 saturated carbocycles. The van der Waals surface area contributed by atoms with E-state index in [-0.39, 0.29) is 6.04 Å². The Morgan fingerprint density at radius 3 is 2.71 bits per heavy atom. The van der Waals surface area contributed by atoms with Gasteiger partial charge in [0.15, 0.2) is 9.84 Å². The summed E-state index contributed by atoms with van der Waals surface area (Å²) in [6.45, 7) is 5.22. The average Bonchev–Trinajstić information content (AvgIpc) is 2.70. The number of nitrogens with zero attached hydrogens (tertiary/aromatic N) is 2. The minimum Gasteiger partial charge on any atom is -0.312 e. The van der Waals surface area contributed by atoms with Gasteiger partial charge in [-0.05, 0) is 19.3 Å². The first-order valence-corrected chi connectivity index (χ1v) is 7.74. The lowest BCUT2D eigenvalue weighted by Gasteiger charge is -2.33. The molecule has 1 aromatic rings. The summed E-state index contributed by atoms with van der Waals surface area (Å²) in [5, 5.41) is 7.58. The number of hydrogen-bond donors (Lipinski definition) is 1. The summed E-state index contributed by atoms with van der Waals surface area (Å²) in [6, 6.07) is 0.757. The van der Waals surface area contributed by atoms with Crippen LogP contribution >= 0.6 is 0 Å². The van der Waals surface area contributed by atoms with E-state index in [4.69, 9.17) is 0 Å². The van der Waals surface area contributed by atoms with Gasteiger partial charge in [0.1, 0.15) is 4.90 Å². The number of aromatic nitrogens is 2. The van der Waals surface area contributed by atoms with Gasteiger partial charge in [-0.2, -0.15) is 5.10 Å². The van der Waals surface area contributed by atoms with E-state index in [1.165, 1.54) is 12.5 Å². The van der Waals surface area contributed by atoms with Gasteiger partial charge in [-0.25, -0.2) is 8.42 Å². The van der Waals surface area contributed by atoms with Crippen LogP contribution in [-0.2, 0) is 9.84 Å². The minimum atomic E-state index is -3.15. The first kappa shape index (κ1) is 12.6. The van der Waals surface area contributed by atoms with Crippen LogP contribution in [0.3, 0.4) is 0 Å². The second-order valence-electron chi connectivity index (χ2n) is 4.99. The van der Waals surface area contributed by atoms with Crippen molar-refractivity contribution >= 4 is 9.84 Å². The molecule has 0 aliphatic carbocycles. The summed E-state index contributed by atoms with van der Waals surface area (Å²) in [4.78, 5) is 0.295. The third-order valence-corrected chi connectivity index (χ3v) is 4.62. The van der Waals surface area contributed by atoms with Crippen molar-refractivity contribution in [1.82, 2.24) is 15.1 Å². The van der Waals surface area contributed by atoms with Gasteiger partial charge in [0, 0.05) is 25.0 Å². The average molecular weight is 257 g/mol. The van der Waals surface area contributed by atoms with Crippen molar-refractivity contribution in [2.45, 2.75) is 37.2 Å². The molecule has 0 aromatic carbocycles. The van der Waals surface area contributed by atoms with Gasteiger partial charge in [-0.3, -0.25) is 4.68 Å². The summed E-state index contributed by atoms with van der Waals surface area (Å²) >= 11 is 0. The Morgan fingerprint density at radius 1 is 1.47 bits per heavy atom. The number of nitrogens with one attached hydrogen (secondary N) is 1. The van der Waals surface area contributed by atoms with Crippen LogP contribution in [-0.4, -0.2) is 37.0 Å². The molecular formula is C11H19N3O2S. The molecule has 96 valence electrons. The van der Waals surface area contributed by atoms with E-state index in [2.05, 4.69) is 24.3 Å². The van der Waals surface area contributed by atoms with Crippen LogP contribution < -0.4 is 5.32 Å². The molecule has 0 radical (unpaired) electrons. The maximum Gasteiger partial charge on any atom is 0.178 e. The lowest BCUT2D eigenvalue weighted by atomic mass is 9.91. The Labute approximate surface area is 102 Å². The number of sulfone groups is 1. The van der Waals surface area contributed by atoms with Gasteiger partial charge in [0.05, 0.1) is 12.2 Å². The van der Waals surface area contributed by atoms with Crippen LogP contribution in [0.25, 0.3) is 0 Å². The van der Waals surface area contributed by atoms with Crippen molar-refractivity contribution in [1.29, 1.82) is 0 Å². The van der Waals surface area contributed by atoms with Crippen LogP contribution in [0.4, 0.5) is 0 Å². The first-order valence-electron chi connectivity index (χ1n) is 5.85. The maximum atomic E-state index is 11.4. The molecule has 0 amide bonds. The van der Waals surface area contributed by atoms with Gasteiger partial charge in [0.25, 0.3) is 0 Å². The molecule has 1 saturated heterocycles. The summed E-state index contributed by atoms with van der Waals surface area (Å²) in [5.41, 5.74) is 0. The van der Waals surface area contributed by atoms with E-state index in [0.717, 1.165) is 13.0 Å². The van der Waals surface area contributed by atoms with E-state index in [1.807, 2.05) is 0 Å². The van der Waals surface area contributed by atoms with E-state index in [0.29, 0.717) is 16.9 Å². The van der Waals surface area contributed by atoms with Crippen molar-refractivity contribution in [3.63, 3.8) is 0 Å². The monoisotopic (exact) mass is 257 g/mol. The Morgan fingerprint density at radius 2 is 2.18 bits per heavy atom. The fourth-order valence-corrected chi connectivity index (χ4v) is 2.69. The third-order valence-electron chi connectivity index (χ3n) is 3.55. The van der Waals surface area contributed by atoms with Gasteiger partial charge >= 0.3 is 0 Å². The molecule has 2 rings (SSSR count). The number of rotatable bonds is 2. The fourth-order valence-electron chi connectivity index (χ4n) is 2.15. The van der Waals surface area contributed by atoms with E-state index < -0.39 is 9.84 Å². The topological polar surface area (TPSA) is 64.0 Å². The van der Waals surface area contributed by atoms with Crippen LogP contribution in [0.1, 0.15) is 26.3 Å². The van der Waals surface area contributed by atoms with Crippen molar-refractivity contribution < 1.29 is 8.42 Å². The van der Waals surface area contributed by atoms with Gasteiger partial charge in [-0.1, -0.05) is 6.92 Å². The zero-order chi connectivity index (χ0) is 12.6. The van der Waals surface area contributed by atoms with Gasteiger partial charge in [-0.15, -0.1) is 0 Å². The molecule has 0 spiro atoms. The Balaban J connectivity index is 2.16. The standard InChI is InChI=1S/C11H19N3O2S/c1-8-4-10(5-12-9(8)2)14-7-11(6-13-14)17(3,15)16/h6-10,12H,4-5H2,1-3H3. The molecular weight excluding hydrogens is 238 g/mol. The normalized spacial score (nSPS) is 30.4. The largest absolute Gasteiger partial charge is 0.312 e. The highest BCUT2D eigenvalue weighted by molar-refractivity contribution is 7.90. The zero-order valence-electron chi connectivity index (χ0n) is 10.4. The van der Waals surface area contributed by atoms with Crippen molar-refractivity contribution in [2.75, 3.05) is 12.8 Å². The second kappa shape index (κ2) is 4.42. The highest BCUT2D eigenvalue weighted by atomic mass is 32.2. The summed E-state index contributed by atoms with van der Waals surface area (Å²) in [7, 11) is -3.15. The highest BCUT2D eigenvalue weighted by Crippen LogP contribution is 2.24. The first-order chi connectivity index (χ1) is 7.88. The van der Waals surface area contributed by atoms with Crippen molar-refractivity contribution in [2.24, 2.45) is 5.92 Å². The molecule has 1 aliphatic heterocycles. The summed E-state index contributed by atoms with van der Waals surface area (Å²) < 4.78 is 24.5. The van der Waals surface area contributed by atoms with E-state index in [9.17, 15) is 8.42 Å². The van der Waals surface area contributed by atoms with Crippen molar-refractivity contribution in [3.8, 4) is 0 Å². The molecule has 1 N–H and O–H groups in total. The zero-order valence-corrected chi connectivity index (χ0v) is 11.2. The third kappa shape index (κ3) is 2.69. The smallest absolute Gasteiger partial charge is 0.178 e. The van der Waals surface area contributed by atoms with E-state index in [1.54, 1.807) is 10.9 Å². The van der Waals surface area contributed by atoms with Crippen LogP contribution in [0, 0.1) is 5.92 Å². The lowest BCUT2D eigenvalue weighted by molar-refractivity contribution is 0.233. The molecule has 6 heteroatoms. The molecule has 17 heavy (non-hydrogen) atoms. The minimum absolute atomic E-state index is 0.247. The fraction of sp³-hybridized carbons (Fsp3) is 0.727. The SMILES string of the molecule is CC1CC(n2cc(S(C)(=O)=O)cn2)CNC1C. The van der Waals surface area contributed by atoms with Gasteiger partial charge < -0.3 is 5.32 Å². The summed E-state index contributed by atoms with van der Waals surface area (Å²) in [6.07, 6.45) is 5.29. The van der Waals surface area contributed by atoms with Crippen LogP contribution in [0.5, 0.6) is 0 Å². The second-order valence-corrected chi connectivity index (χ2v) is 7.01. The number of hydrogen-bond acceptors (Lipinski definition) is 4. The summed E-state index contributed by atoms with van der Waals surface area (Å²) in [5.74, 6) is 0.569. The molecule has 1 aromatic heterocycles. The predicted octanol–water partition coefficient (Wildman–Crippen LogP) is 0.846. The molecule has 5 nitrogen and oxygen atoms in total. The number of piperidine rings is 1. The molecule has 0 bridgehead atoms. The van der Waals surface area contributed by atoms with Crippen LogP contribution in [0.2, 0.25) is 0 Å². The molecule has 2 heterocycles. The molecule has 3 unspecified atom stereocenters. The molecule has 1 fully saturated rings.